The average Bonchev–Trinajstić information content (AvgIpc) is 3.01. The zero-order valence-electron chi connectivity index (χ0n) is 20.3. The first kappa shape index (κ1) is 25.3. The van der Waals surface area contributed by atoms with Crippen molar-refractivity contribution in [2.75, 3.05) is 0 Å². The fraction of sp³-hybridized carbons (Fsp3) is 1.00. The van der Waals surface area contributed by atoms with Crippen LogP contribution in [0, 0.1) is 40.4 Å². The molecule has 8 atom stereocenters. The van der Waals surface area contributed by atoms with Crippen LogP contribution in [0.15, 0.2) is 0 Å². The number of hydrogen-bond donors (Lipinski definition) is 2. The van der Waals surface area contributed by atoms with E-state index < -0.39 is 17.9 Å². The van der Waals surface area contributed by atoms with Crippen LogP contribution >= 0.6 is 0 Å². The van der Waals surface area contributed by atoms with Gasteiger partial charge in [-0.1, -0.05) is 27.2 Å². The Labute approximate surface area is 187 Å². The van der Waals surface area contributed by atoms with Crippen LogP contribution in [0.4, 0.5) is 13.2 Å². The van der Waals surface area contributed by atoms with E-state index in [9.17, 15) is 23.4 Å². The van der Waals surface area contributed by atoms with Crippen LogP contribution in [0.1, 0.15) is 105 Å². The topological polar surface area (TPSA) is 40.5 Å². The average molecular weight is 447 g/mol. The van der Waals surface area contributed by atoms with Crippen LogP contribution in [-0.2, 0) is 0 Å². The molecule has 182 valence electrons. The lowest BCUT2D eigenvalue weighted by atomic mass is 9.48. The molecule has 31 heavy (non-hydrogen) atoms. The second kappa shape index (κ2) is 8.81. The third-order valence-corrected chi connectivity index (χ3v) is 9.96. The minimum Gasteiger partial charge on any atom is -0.390 e. The molecule has 0 amide bonds. The normalized spacial score (nSPS) is 40.8. The van der Waals surface area contributed by atoms with Gasteiger partial charge in [-0.25, -0.2) is 0 Å². The van der Waals surface area contributed by atoms with Crippen LogP contribution in [0.3, 0.4) is 0 Å². The summed E-state index contributed by atoms with van der Waals surface area (Å²) in [5, 5.41) is 19.7. The highest BCUT2D eigenvalue weighted by molar-refractivity contribution is 5.07. The van der Waals surface area contributed by atoms with Crippen molar-refractivity contribution < 1.29 is 23.4 Å². The number of halogens is 3. The minimum absolute atomic E-state index is 0.178. The molecular weight excluding hydrogens is 401 g/mol. The van der Waals surface area contributed by atoms with E-state index in [1.54, 1.807) is 0 Å². The van der Waals surface area contributed by atoms with Gasteiger partial charge in [0.1, 0.15) is 6.10 Å². The van der Waals surface area contributed by atoms with E-state index in [1.807, 2.05) is 13.8 Å². The van der Waals surface area contributed by atoms with Crippen LogP contribution in [-0.4, -0.2) is 28.1 Å². The zero-order valence-corrected chi connectivity index (χ0v) is 20.3. The number of hydrogen-bond acceptors (Lipinski definition) is 2. The molecule has 3 fully saturated rings. The molecule has 0 aromatic carbocycles. The first-order chi connectivity index (χ1) is 14.2. The van der Waals surface area contributed by atoms with Crippen molar-refractivity contribution in [3.05, 3.63) is 0 Å². The Morgan fingerprint density at radius 3 is 2.26 bits per heavy atom. The van der Waals surface area contributed by atoms with E-state index in [4.69, 9.17) is 0 Å². The summed E-state index contributed by atoms with van der Waals surface area (Å²) >= 11 is 0. The van der Waals surface area contributed by atoms with E-state index >= 15 is 0 Å². The Balaban J connectivity index is 1.68. The number of aliphatic hydroxyl groups is 2. The molecule has 3 aliphatic rings. The van der Waals surface area contributed by atoms with E-state index in [0.717, 1.165) is 25.2 Å². The Morgan fingerprint density at radius 2 is 1.65 bits per heavy atom. The lowest BCUT2D eigenvalue weighted by molar-refractivity contribution is -0.206. The van der Waals surface area contributed by atoms with Crippen molar-refractivity contribution in [2.45, 2.75) is 123 Å². The molecule has 3 rings (SSSR count). The smallest absolute Gasteiger partial charge is 0.390 e. The summed E-state index contributed by atoms with van der Waals surface area (Å²) in [5.41, 5.74) is -0.100. The van der Waals surface area contributed by atoms with Crippen molar-refractivity contribution in [2.24, 2.45) is 40.4 Å². The van der Waals surface area contributed by atoms with E-state index in [1.165, 1.54) is 38.5 Å². The monoisotopic (exact) mass is 446 g/mol. The quantitative estimate of drug-likeness (QED) is 0.437. The molecule has 2 N–H and O–H groups in total. The van der Waals surface area contributed by atoms with Crippen molar-refractivity contribution in [1.82, 2.24) is 0 Å². The van der Waals surface area contributed by atoms with Gasteiger partial charge in [0.25, 0.3) is 0 Å². The van der Waals surface area contributed by atoms with Crippen molar-refractivity contribution in [3.63, 3.8) is 0 Å². The van der Waals surface area contributed by atoms with Gasteiger partial charge in [-0.05, 0) is 118 Å². The first-order valence-electron chi connectivity index (χ1n) is 12.6. The fourth-order valence-corrected chi connectivity index (χ4v) is 8.15. The summed E-state index contributed by atoms with van der Waals surface area (Å²) in [4.78, 5) is 0. The maximum absolute atomic E-state index is 12.7. The highest BCUT2D eigenvalue weighted by Gasteiger charge is 2.58. The lowest BCUT2D eigenvalue weighted by Crippen LogP contribution is -2.49. The number of rotatable bonds is 7. The van der Waals surface area contributed by atoms with Gasteiger partial charge in [-0.15, -0.1) is 0 Å². The third kappa shape index (κ3) is 5.28. The summed E-state index contributed by atoms with van der Waals surface area (Å²) in [6.45, 7) is 10.8. The third-order valence-electron chi connectivity index (χ3n) is 9.96. The van der Waals surface area contributed by atoms with Crippen molar-refractivity contribution in [3.8, 4) is 0 Å². The van der Waals surface area contributed by atoms with Gasteiger partial charge in [0.05, 0.1) is 5.60 Å². The highest BCUT2D eigenvalue weighted by Crippen LogP contribution is 2.66. The van der Waals surface area contributed by atoms with E-state index in [2.05, 4.69) is 20.8 Å². The highest BCUT2D eigenvalue weighted by atomic mass is 19.4. The van der Waals surface area contributed by atoms with Gasteiger partial charge in [-0.2, -0.15) is 13.2 Å². The van der Waals surface area contributed by atoms with E-state index in [0.29, 0.717) is 29.6 Å². The summed E-state index contributed by atoms with van der Waals surface area (Å²) in [6, 6.07) is 0. The van der Waals surface area contributed by atoms with Gasteiger partial charge in [0, 0.05) is 0 Å². The molecule has 2 nitrogen and oxygen atoms in total. The molecule has 0 saturated heterocycles. The van der Waals surface area contributed by atoms with Gasteiger partial charge in [0.2, 0.25) is 0 Å². The summed E-state index contributed by atoms with van der Waals surface area (Å²) in [7, 11) is 0. The zero-order chi connectivity index (χ0) is 23.2. The molecule has 0 aliphatic heterocycles. The lowest BCUT2D eigenvalue weighted by Gasteiger charge is -2.57. The molecule has 0 bridgehead atoms. The van der Waals surface area contributed by atoms with Crippen LogP contribution in [0.2, 0.25) is 0 Å². The predicted molar refractivity (Wildman–Crippen MR) is 118 cm³/mol. The number of fused-ring (bicyclic) bond motifs is 3. The number of aliphatic hydroxyl groups excluding tert-OH is 1. The largest absolute Gasteiger partial charge is 0.414 e. The Hall–Kier alpha value is -0.290. The molecule has 3 saturated carbocycles. The molecule has 0 heterocycles. The minimum atomic E-state index is -4.50. The summed E-state index contributed by atoms with van der Waals surface area (Å²) < 4.78 is 38.2. The maximum Gasteiger partial charge on any atom is 0.414 e. The van der Waals surface area contributed by atoms with Crippen LogP contribution in [0.5, 0.6) is 0 Å². The van der Waals surface area contributed by atoms with Gasteiger partial charge in [-0.3, -0.25) is 0 Å². The fourth-order valence-electron chi connectivity index (χ4n) is 8.15. The molecule has 0 aromatic rings. The molecule has 0 spiro atoms. The predicted octanol–water partition coefficient (Wildman–Crippen LogP) is 7.13. The second-order valence-electron chi connectivity index (χ2n) is 12.6. The Bertz CT molecular complexity index is 613. The van der Waals surface area contributed by atoms with Gasteiger partial charge in [0.15, 0.2) is 0 Å². The summed E-state index contributed by atoms with van der Waals surface area (Å²) in [5.74, 6) is 2.78. The van der Waals surface area contributed by atoms with Crippen LogP contribution in [0.25, 0.3) is 0 Å². The molecule has 8 unspecified atom stereocenters. The SMILES string of the molecule is CC(CCC(O)C(F)(F)F)C1CCC2C3CCCC(C)(CCC(C)(C)O)C3CCC12C. The Morgan fingerprint density at radius 1 is 0.968 bits per heavy atom. The maximum atomic E-state index is 12.7. The van der Waals surface area contributed by atoms with E-state index in [-0.39, 0.29) is 17.8 Å². The molecule has 5 heteroatoms. The van der Waals surface area contributed by atoms with Crippen molar-refractivity contribution >= 4 is 0 Å². The standard InChI is InChI=1S/C26H45F3O2/c1-17(8-11-22(30)26(27,28)29)19-9-10-21-18-7-6-13-24(4,16-15-23(2,3)31)20(18)12-14-25(19,21)5/h17-22,30-31H,6-16H2,1-5H3. The molecule has 0 aromatic heterocycles. The second-order valence-corrected chi connectivity index (χ2v) is 12.6. The molecule has 0 radical (unpaired) electrons. The first-order valence-corrected chi connectivity index (χ1v) is 12.6. The van der Waals surface area contributed by atoms with Gasteiger partial charge >= 0.3 is 6.18 Å². The molecule has 3 aliphatic carbocycles. The Kier molecular flexibility index (Phi) is 7.20. The number of alkyl halides is 3. The molecular formula is C26H45F3O2. The van der Waals surface area contributed by atoms with Crippen molar-refractivity contribution in [1.29, 1.82) is 0 Å². The summed E-state index contributed by atoms with van der Waals surface area (Å²) in [6.07, 6.45) is 4.01. The van der Waals surface area contributed by atoms with Gasteiger partial charge < -0.3 is 10.2 Å². The van der Waals surface area contributed by atoms with Crippen LogP contribution < -0.4 is 0 Å².